The number of likely N-dealkylation sites (tertiary alicyclic amines) is 1. The van der Waals surface area contributed by atoms with Gasteiger partial charge in [-0.1, -0.05) is 56.3 Å². The molecule has 2 heterocycles. The van der Waals surface area contributed by atoms with Gasteiger partial charge in [-0.3, -0.25) is 4.79 Å². The highest BCUT2D eigenvalue weighted by Crippen LogP contribution is 2.32. The van der Waals surface area contributed by atoms with Crippen LogP contribution < -0.4 is 9.47 Å². The van der Waals surface area contributed by atoms with Gasteiger partial charge in [-0.05, 0) is 53.8 Å². The van der Waals surface area contributed by atoms with Crippen LogP contribution in [-0.4, -0.2) is 40.6 Å². The molecule has 6 heteroatoms. The summed E-state index contributed by atoms with van der Waals surface area (Å²) in [6, 6.07) is 24.4. The molecule has 1 unspecified atom stereocenters. The SMILES string of the molecule is COc1ccc(CN2CC(c3nc4ccccc4n3CCCOc3ccccc3C(C)C)CC2=O)cc1. The van der Waals surface area contributed by atoms with Crippen LogP contribution in [0.25, 0.3) is 11.0 Å². The monoisotopic (exact) mass is 497 g/mol. The Kier molecular flexibility index (Phi) is 7.45. The molecule has 0 spiro atoms. The van der Waals surface area contributed by atoms with Crippen molar-refractivity contribution in [2.24, 2.45) is 0 Å². The van der Waals surface area contributed by atoms with Crippen LogP contribution in [-0.2, 0) is 17.9 Å². The molecular weight excluding hydrogens is 462 g/mol. The summed E-state index contributed by atoms with van der Waals surface area (Å²) in [5.74, 6) is 3.44. The van der Waals surface area contributed by atoms with Gasteiger partial charge >= 0.3 is 0 Å². The Morgan fingerprint density at radius 2 is 1.76 bits per heavy atom. The highest BCUT2D eigenvalue weighted by molar-refractivity contribution is 5.81. The first kappa shape index (κ1) is 24.9. The van der Waals surface area contributed by atoms with Crippen molar-refractivity contribution in [2.75, 3.05) is 20.3 Å². The third-order valence-electron chi connectivity index (χ3n) is 7.12. The lowest BCUT2D eigenvalue weighted by Gasteiger charge is -2.18. The van der Waals surface area contributed by atoms with E-state index in [0.717, 1.165) is 46.9 Å². The van der Waals surface area contributed by atoms with Gasteiger partial charge in [0.15, 0.2) is 0 Å². The minimum absolute atomic E-state index is 0.0701. The molecule has 0 aliphatic carbocycles. The first-order valence-electron chi connectivity index (χ1n) is 13.1. The average molecular weight is 498 g/mol. The molecule has 1 aliphatic heterocycles. The quantitative estimate of drug-likeness (QED) is 0.247. The Hall–Kier alpha value is -3.80. The molecule has 0 saturated carbocycles. The lowest BCUT2D eigenvalue weighted by atomic mass is 10.0. The van der Waals surface area contributed by atoms with E-state index in [4.69, 9.17) is 14.5 Å². The zero-order valence-electron chi connectivity index (χ0n) is 21.9. The number of carbonyl (C=O) groups is 1. The van der Waals surface area contributed by atoms with Crippen molar-refractivity contribution in [3.8, 4) is 11.5 Å². The molecule has 1 aliphatic rings. The van der Waals surface area contributed by atoms with Crippen LogP contribution in [0.4, 0.5) is 0 Å². The van der Waals surface area contributed by atoms with Gasteiger partial charge in [-0.2, -0.15) is 0 Å². The largest absolute Gasteiger partial charge is 0.497 e. The number of amides is 1. The number of fused-ring (bicyclic) bond motifs is 1. The number of hydrogen-bond acceptors (Lipinski definition) is 4. The molecule has 3 aromatic carbocycles. The molecule has 0 N–H and O–H groups in total. The van der Waals surface area contributed by atoms with Gasteiger partial charge in [-0.15, -0.1) is 0 Å². The number of aryl methyl sites for hydroxylation is 1. The number of methoxy groups -OCH3 is 1. The van der Waals surface area contributed by atoms with E-state index in [1.165, 1.54) is 5.56 Å². The van der Waals surface area contributed by atoms with Crippen molar-refractivity contribution in [3.63, 3.8) is 0 Å². The summed E-state index contributed by atoms with van der Waals surface area (Å²) in [7, 11) is 1.66. The first-order chi connectivity index (χ1) is 18.0. The van der Waals surface area contributed by atoms with Crippen LogP contribution in [0, 0.1) is 0 Å². The predicted molar refractivity (Wildman–Crippen MR) is 146 cm³/mol. The summed E-state index contributed by atoms with van der Waals surface area (Å²) < 4.78 is 13.7. The molecule has 37 heavy (non-hydrogen) atoms. The van der Waals surface area contributed by atoms with Gasteiger partial charge in [-0.25, -0.2) is 4.98 Å². The Bertz CT molecular complexity index is 1360. The second kappa shape index (κ2) is 11.1. The van der Waals surface area contributed by atoms with E-state index in [1.807, 2.05) is 41.3 Å². The second-order valence-electron chi connectivity index (χ2n) is 10.0. The molecule has 0 radical (unpaired) electrons. The number of rotatable bonds is 10. The van der Waals surface area contributed by atoms with Crippen LogP contribution in [0.3, 0.4) is 0 Å². The van der Waals surface area contributed by atoms with Gasteiger partial charge in [0, 0.05) is 32.0 Å². The van der Waals surface area contributed by atoms with Crippen molar-refractivity contribution >= 4 is 16.9 Å². The normalized spacial score (nSPS) is 15.6. The summed E-state index contributed by atoms with van der Waals surface area (Å²) in [6.07, 6.45) is 1.34. The van der Waals surface area contributed by atoms with Crippen LogP contribution in [0.15, 0.2) is 72.8 Å². The van der Waals surface area contributed by atoms with Gasteiger partial charge < -0.3 is 18.9 Å². The van der Waals surface area contributed by atoms with Crippen molar-refractivity contribution in [1.82, 2.24) is 14.5 Å². The molecule has 1 atom stereocenters. The summed E-state index contributed by atoms with van der Waals surface area (Å²) in [4.78, 5) is 19.9. The van der Waals surface area contributed by atoms with E-state index in [0.29, 0.717) is 32.0 Å². The lowest BCUT2D eigenvalue weighted by Crippen LogP contribution is -2.24. The van der Waals surface area contributed by atoms with Crippen LogP contribution >= 0.6 is 0 Å². The third kappa shape index (κ3) is 5.48. The Morgan fingerprint density at radius 3 is 2.54 bits per heavy atom. The molecule has 6 nitrogen and oxygen atoms in total. The summed E-state index contributed by atoms with van der Waals surface area (Å²) >= 11 is 0. The molecule has 1 aromatic heterocycles. The maximum Gasteiger partial charge on any atom is 0.223 e. The molecule has 5 rings (SSSR count). The maximum absolute atomic E-state index is 13.0. The van der Waals surface area contributed by atoms with Gasteiger partial charge in [0.2, 0.25) is 5.91 Å². The predicted octanol–water partition coefficient (Wildman–Crippen LogP) is 6.15. The van der Waals surface area contributed by atoms with E-state index in [2.05, 4.69) is 54.8 Å². The van der Waals surface area contributed by atoms with Crippen molar-refractivity contribution in [1.29, 1.82) is 0 Å². The highest BCUT2D eigenvalue weighted by Gasteiger charge is 2.34. The fourth-order valence-electron chi connectivity index (χ4n) is 5.18. The molecule has 1 saturated heterocycles. The average Bonchev–Trinajstić information content (AvgIpc) is 3.47. The topological polar surface area (TPSA) is 56.6 Å². The first-order valence-corrected chi connectivity index (χ1v) is 13.1. The zero-order chi connectivity index (χ0) is 25.8. The van der Waals surface area contributed by atoms with E-state index in [-0.39, 0.29) is 11.8 Å². The van der Waals surface area contributed by atoms with Crippen molar-refractivity contribution in [2.45, 2.75) is 51.6 Å². The van der Waals surface area contributed by atoms with Crippen LogP contribution in [0.1, 0.15) is 55.5 Å². The number of imidazole rings is 1. The summed E-state index contributed by atoms with van der Waals surface area (Å²) in [5, 5.41) is 0. The molecule has 4 aromatic rings. The minimum Gasteiger partial charge on any atom is -0.497 e. The van der Waals surface area contributed by atoms with Crippen molar-refractivity contribution < 1.29 is 14.3 Å². The summed E-state index contributed by atoms with van der Waals surface area (Å²) in [6.45, 7) is 7.07. The fraction of sp³-hybridized carbons (Fsp3) is 0.355. The van der Waals surface area contributed by atoms with E-state index < -0.39 is 0 Å². The second-order valence-corrected chi connectivity index (χ2v) is 10.0. The Morgan fingerprint density at radius 1 is 1.00 bits per heavy atom. The van der Waals surface area contributed by atoms with Crippen molar-refractivity contribution in [3.05, 3.63) is 89.7 Å². The Balaban J connectivity index is 1.29. The number of para-hydroxylation sites is 3. The van der Waals surface area contributed by atoms with E-state index in [1.54, 1.807) is 7.11 Å². The molecule has 0 bridgehead atoms. The minimum atomic E-state index is 0.0701. The number of nitrogens with zero attached hydrogens (tertiary/aromatic N) is 3. The third-order valence-corrected chi connectivity index (χ3v) is 7.12. The Labute approximate surface area is 218 Å². The number of aromatic nitrogens is 2. The van der Waals surface area contributed by atoms with Gasteiger partial charge in [0.05, 0.1) is 24.8 Å². The fourth-order valence-corrected chi connectivity index (χ4v) is 5.18. The molecular formula is C31H35N3O3. The van der Waals surface area contributed by atoms with E-state index >= 15 is 0 Å². The maximum atomic E-state index is 13.0. The van der Waals surface area contributed by atoms with Crippen LogP contribution in [0.5, 0.6) is 11.5 Å². The van der Waals surface area contributed by atoms with Gasteiger partial charge in [0.1, 0.15) is 17.3 Å². The van der Waals surface area contributed by atoms with Gasteiger partial charge in [0.25, 0.3) is 0 Å². The standard InChI is InChI=1S/C31H35N3O3/c1-22(2)26-9-4-7-12-29(26)37-18-8-17-34-28-11-6-5-10-27(28)32-31(34)24-19-30(35)33(21-24)20-23-13-15-25(36-3)16-14-23/h4-7,9-16,22,24H,8,17-21H2,1-3H3. The van der Waals surface area contributed by atoms with Crippen LogP contribution in [0.2, 0.25) is 0 Å². The number of carbonyl (C=O) groups excluding carboxylic acids is 1. The zero-order valence-corrected chi connectivity index (χ0v) is 21.9. The number of ether oxygens (including phenoxy) is 2. The molecule has 1 amide bonds. The number of hydrogen-bond donors (Lipinski definition) is 0. The molecule has 1 fully saturated rings. The number of benzene rings is 3. The molecule has 192 valence electrons. The lowest BCUT2D eigenvalue weighted by molar-refractivity contribution is -0.128. The summed E-state index contributed by atoms with van der Waals surface area (Å²) in [5.41, 5.74) is 4.42. The van der Waals surface area contributed by atoms with E-state index in [9.17, 15) is 4.79 Å². The smallest absolute Gasteiger partial charge is 0.223 e. The highest BCUT2D eigenvalue weighted by atomic mass is 16.5.